The Morgan fingerprint density at radius 3 is 2.15 bits per heavy atom. The molecule has 0 aromatic heterocycles. The molecule has 1 nitrogen and oxygen atoms in total. The molecule has 2 rings (SSSR count). The fourth-order valence-electron chi connectivity index (χ4n) is 3.05. The van der Waals surface area contributed by atoms with Crippen LogP contribution in [0.3, 0.4) is 0 Å². The molecule has 2 aliphatic carbocycles. The van der Waals surface area contributed by atoms with Gasteiger partial charge in [0.2, 0.25) is 0 Å². The maximum absolute atomic E-state index is 11.5. The average molecular weight is 176 g/mol. The van der Waals surface area contributed by atoms with Crippen LogP contribution in [0.5, 0.6) is 0 Å². The quantitative estimate of drug-likeness (QED) is 0.591. The van der Waals surface area contributed by atoms with Crippen LogP contribution >= 0.6 is 0 Å². The van der Waals surface area contributed by atoms with E-state index in [1.54, 1.807) is 6.92 Å². The minimum Gasteiger partial charge on any atom is -0.300 e. The molecular weight excluding hydrogens is 160 g/mol. The molecule has 13 heavy (non-hydrogen) atoms. The summed E-state index contributed by atoms with van der Waals surface area (Å²) in [6.07, 6.45) is 5.65. The lowest BCUT2D eigenvalue weighted by molar-refractivity contribution is -0.122. The highest BCUT2D eigenvalue weighted by atomic mass is 16.1. The minimum atomic E-state index is 0.229. The summed E-state index contributed by atoms with van der Waals surface area (Å²) in [7, 11) is 0. The number of fused-ring (bicyclic) bond motifs is 2. The van der Waals surface area contributed by atoms with Gasteiger partial charge < -0.3 is 0 Å². The fourth-order valence-corrected chi connectivity index (χ4v) is 3.05. The summed E-state index contributed by atoms with van der Waals surface area (Å²) in [6.45, 7) is 7.77. The van der Waals surface area contributed by atoms with Crippen molar-refractivity contribution >= 4 is 5.78 Å². The van der Waals surface area contributed by atoms with E-state index < -0.39 is 0 Å². The maximum atomic E-state index is 11.5. The van der Waals surface area contributed by atoms with Gasteiger partial charge in [-0.25, -0.2) is 0 Å². The van der Waals surface area contributed by atoms with Crippen molar-refractivity contribution in [2.45, 2.75) is 20.3 Å². The first-order chi connectivity index (χ1) is 6.11. The second-order valence-electron chi connectivity index (χ2n) is 4.46. The molecule has 2 aliphatic rings. The van der Waals surface area contributed by atoms with Gasteiger partial charge in [-0.15, -0.1) is 0 Å². The van der Waals surface area contributed by atoms with Crippen molar-refractivity contribution < 1.29 is 4.79 Å². The zero-order valence-electron chi connectivity index (χ0n) is 8.29. The van der Waals surface area contributed by atoms with Gasteiger partial charge in [0.15, 0.2) is 0 Å². The van der Waals surface area contributed by atoms with Crippen molar-refractivity contribution in [2.24, 2.45) is 23.7 Å². The fraction of sp³-hybridized carbons (Fsp3) is 0.583. The van der Waals surface area contributed by atoms with Crippen molar-refractivity contribution in [3.05, 3.63) is 24.3 Å². The molecule has 0 aromatic carbocycles. The molecule has 1 fully saturated rings. The molecule has 4 unspecified atom stereocenters. The smallest absolute Gasteiger partial charge is 0.134 e. The summed E-state index contributed by atoms with van der Waals surface area (Å²) in [4.78, 5) is 11.5. The lowest BCUT2D eigenvalue weighted by Crippen LogP contribution is -2.26. The number of hydrogen-bond donors (Lipinski definition) is 0. The number of carbonyl (C=O) groups excluding carboxylic acids is 1. The van der Waals surface area contributed by atoms with Crippen LogP contribution in [0.4, 0.5) is 0 Å². The van der Waals surface area contributed by atoms with E-state index in [2.05, 4.69) is 25.7 Å². The normalized spacial score (nSPS) is 41.1. The van der Waals surface area contributed by atoms with Crippen molar-refractivity contribution in [1.82, 2.24) is 0 Å². The van der Waals surface area contributed by atoms with Crippen molar-refractivity contribution in [3.63, 3.8) is 0 Å². The minimum absolute atomic E-state index is 0.229. The van der Waals surface area contributed by atoms with Gasteiger partial charge >= 0.3 is 0 Å². The molecule has 2 bridgehead atoms. The van der Waals surface area contributed by atoms with Crippen LogP contribution < -0.4 is 0 Å². The zero-order chi connectivity index (χ0) is 9.59. The Morgan fingerprint density at radius 2 is 1.77 bits per heavy atom. The Hall–Kier alpha value is -0.850. The van der Waals surface area contributed by atoms with Crippen LogP contribution in [-0.4, -0.2) is 5.78 Å². The monoisotopic (exact) mass is 176 g/mol. The predicted octanol–water partition coefficient (Wildman–Crippen LogP) is 2.59. The molecule has 1 heteroatoms. The first-order valence-electron chi connectivity index (χ1n) is 4.95. The molecule has 70 valence electrons. The van der Waals surface area contributed by atoms with Crippen LogP contribution in [0.1, 0.15) is 20.3 Å². The zero-order valence-corrected chi connectivity index (χ0v) is 8.29. The Balaban J connectivity index is 2.30. The topological polar surface area (TPSA) is 17.1 Å². The summed E-state index contributed by atoms with van der Waals surface area (Å²) in [6, 6.07) is 0. The maximum Gasteiger partial charge on any atom is 0.134 e. The summed E-state index contributed by atoms with van der Waals surface area (Å²) in [5.74, 6) is 2.09. The Kier molecular flexibility index (Phi) is 1.90. The lowest BCUT2D eigenvalue weighted by atomic mass is 9.77. The number of hydrogen-bond acceptors (Lipinski definition) is 1. The third-order valence-corrected chi connectivity index (χ3v) is 3.50. The van der Waals surface area contributed by atoms with E-state index in [1.807, 2.05) is 0 Å². The number of ketones is 1. The summed E-state index contributed by atoms with van der Waals surface area (Å²) in [5.41, 5.74) is 1.18. The van der Waals surface area contributed by atoms with E-state index in [1.165, 1.54) is 12.0 Å². The molecule has 0 aromatic rings. The molecule has 0 saturated heterocycles. The van der Waals surface area contributed by atoms with Crippen molar-refractivity contribution in [2.75, 3.05) is 0 Å². The molecule has 0 amide bonds. The standard InChI is InChI=1S/C12H16O/c1-7(2)11-9-4-5-10(6-9)12(11)8(3)13/h4-5,9-12H,1,6H2,2-3H3. The van der Waals surface area contributed by atoms with E-state index >= 15 is 0 Å². The highest BCUT2D eigenvalue weighted by molar-refractivity contribution is 5.80. The average Bonchev–Trinajstić information content (AvgIpc) is 2.60. The van der Waals surface area contributed by atoms with Gasteiger partial charge in [-0.2, -0.15) is 0 Å². The van der Waals surface area contributed by atoms with Gasteiger partial charge in [0.1, 0.15) is 5.78 Å². The van der Waals surface area contributed by atoms with Gasteiger partial charge in [-0.3, -0.25) is 4.79 Å². The van der Waals surface area contributed by atoms with Crippen molar-refractivity contribution in [1.29, 1.82) is 0 Å². The SMILES string of the molecule is C=C(C)C1C2C=CC(C2)C1C(C)=O. The van der Waals surface area contributed by atoms with Crippen LogP contribution in [0, 0.1) is 23.7 Å². The second kappa shape index (κ2) is 2.83. The largest absolute Gasteiger partial charge is 0.300 e. The van der Waals surface area contributed by atoms with E-state index in [0.717, 1.165) is 0 Å². The highest BCUT2D eigenvalue weighted by Gasteiger charge is 2.46. The van der Waals surface area contributed by atoms with Gasteiger partial charge in [-0.05, 0) is 38.0 Å². The second-order valence-corrected chi connectivity index (χ2v) is 4.46. The summed E-state index contributed by atoms with van der Waals surface area (Å²) in [5, 5.41) is 0. The first-order valence-corrected chi connectivity index (χ1v) is 4.95. The Labute approximate surface area is 79.5 Å². The predicted molar refractivity (Wildman–Crippen MR) is 53.2 cm³/mol. The highest BCUT2D eigenvalue weighted by Crippen LogP contribution is 2.50. The van der Waals surface area contributed by atoms with E-state index in [4.69, 9.17) is 0 Å². The van der Waals surface area contributed by atoms with Crippen LogP contribution in [0.2, 0.25) is 0 Å². The molecule has 0 aliphatic heterocycles. The van der Waals surface area contributed by atoms with Gasteiger partial charge in [-0.1, -0.05) is 24.3 Å². The van der Waals surface area contributed by atoms with E-state index in [0.29, 0.717) is 23.5 Å². The first kappa shape index (κ1) is 8.74. The Morgan fingerprint density at radius 1 is 1.23 bits per heavy atom. The molecule has 1 saturated carbocycles. The molecule has 0 heterocycles. The Bertz CT molecular complexity index is 259. The number of rotatable bonds is 2. The van der Waals surface area contributed by atoms with Crippen LogP contribution in [0.15, 0.2) is 24.3 Å². The van der Waals surface area contributed by atoms with E-state index in [-0.39, 0.29) is 5.92 Å². The van der Waals surface area contributed by atoms with Gasteiger partial charge in [0.05, 0.1) is 0 Å². The third kappa shape index (κ3) is 1.18. The van der Waals surface area contributed by atoms with Crippen LogP contribution in [-0.2, 0) is 4.79 Å². The molecule has 0 N–H and O–H groups in total. The molecule has 0 radical (unpaired) electrons. The third-order valence-electron chi connectivity index (χ3n) is 3.50. The van der Waals surface area contributed by atoms with E-state index in [9.17, 15) is 4.79 Å². The molecular formula is C12H16O. The number of carbonyl (C=O) groups is 1. The van der Waals surface area contributed by atoms with Crippen LogP contribution in [0.25, 0.3) is 0 Å². The summed E-state index contributed by atoms with van der Waals surface area (Å²) >= 11 is 0. The number of allylic oxidation sites excluding steroid dienone is 3. The van der Waals surface area contributed by atoms with Crippen molar-refractivity contribution in [3.8, 4) is 0 Å². The van der Waals surface area contributed by atoms with Gasteiger partial charge in [0.25, 0.3) is 0 Å². The van der Waals surface area contributed by atoms with Gasteiger partial charge in [0, 0.05) is 5.92 Å². The number of Topliss-reactive ketones (excluding diaryl/α,β-unsaturated/α-hetero) is 1. The summed E-state index contributed by atoms with van der Waals surface area (Å²) < 4.78 is 0. The molecule has 4 atom stereocenters. The lowest BCUT2D eigenvalue weighted by Gasteiger charge is -2.26. The molecule has 0 spiro atoms.